The van der Waals surface area contributed by atoms with Gasteiger partial charge in [0.2, 0.25) is 0 Å². The first-order chi connectivity index (χ1) is 8.16. The highest BCUT2D eigenvalue weighted by atomic mass is 35.5. The second-order valence-corrected chi connectivity index (χ2v) is 5.57. The van der Waals surface area contributed by atoms with Crippen LogP contribution in [0.2, 0.25) is 5.15 Å². The number of nitrogens with zero attached hydrogens (tertiary/aromatic N) is 2. The molecule has 0 aliphatic heterocycles. The Hall–Kier alpha value is -0.810. The fraction of sp³-hybridized carbons (Fsp3) is 0.545. The van der Waals surface area contributed by atoms with E-state index >= 15 is 0 Å². The minimum Gasteiger partial charge on any atom is -0.258 e. The van der Waals surface area contributed by atoms with Crippen molar-refractivity contribution in [1.29, 1.82) is 0 Å². The summed E-state index contributed by atoms with van der Waals surface area (Å²) in [6.45, 7) is 0. The van der Waals surface area contributed by atoms with Gasteiger partial charge in [-0.3, -0.25) is 10.1 Å². The van der Waals surface area contributed by atoms with Crippen LogP contribution in [-0.4, -0.2) is 15.7 Å². The molecule has 0 radical (unpaired) electrons. The fourth-order valence-electron chi connectivity index (χ4n) is 2.03. The average Bonchev–Trinajstić information content (AvgIpc) is 2.78. The molecular formula is C11H13ClN2O2S. The van der Waals surface area contributed by atoms with Crippen molar-refractivity contribution in [3.63, 3.8) is 0 Å². The van der Waals surface area contributed by atoms with Gasteiger partial charge < -0.3 is 0 Å². The first-order valence-corrected chi connectivity index (χ1v) is 6.97. The largest absolute Gasteiger partial charge is 0.301 e. The van der Waals surface area contributed by atoms with E-state index in [0.29, 0.717) is 16.1 Å². The summed E-state index contributed by atoms with van der Waals surface area (Å²) in [6.07, 6.45) is 5.00. The third kappa shape index (κ3) is 3.33. The lowest BCUT2D eigenvalue weighted by molar-refractivity contribution is -0.388. The minimum absolute atomic E-state index is 0.0531. The Bertz CT molecular complexity index is 422. The summed E-state index contributed by atoms with van der Waals surface area (Å²) < 4.78 is 0. The molecule has 2 rings (SSSR count). The van der Waals surface area contributed by atoms with E-state index in [1.54, 1.807) is 0 Å². The van der Waals surface area contributed by atoms with Crippen LogP contribution in [0.25, 0.3) is 0 Å². The topological polar surface area (TPSA) is 56.0 Å². The van der Waals surface area contributed by atoms with E-state index in [-0.39, 0.29) is 5.69 Å². The molecule has 1 aliphatic rings. The van der Waals surface area contributed by atoms with Crippen LogP contribution in [0.3, 0.4) is 0 Å². The minimum atomic E-state index is -0.402. The number of hydrogen-bond acceptors (Lipinski definition) is 4. The van der Waals surface area contributed by atoms with Gasteiger partial charge in [0.05, 0.1) is 4.92 Å². The van der Waals surface area contributed by atoms with E-state index in [2.05, 4.69) is 4.98 Å². The Morgan fingerprint density at radius 1 is 1.47 bits per heavy atom. The molecule has 1 fully saturated rings. The van der Waals surface area contributed by atoms with Gasteiger partial charge in [0.1, 0.15) is 5.15 Å². The maximum absolute atomic E-state index is 10.8. The zero-order chi connectivity index (χ0) is 12.3. The number of thioether (sulfide) groups is 1. The highest BCUT2D eigenvalue weighted by Crippen LogP contribution is 2.34. The van der Waals surface area contributed by atoms with Crippen molar-refractivity contribution in [2.24, 2.45) is 5.92 Å². The number of nitro groups is 1. The first-order valence-electron chi connectivity index (χ1n) is 5.60. The Kier molecular flexibility index (Phi) is 4.23. The van der Waals surface area contributed by atoms with Crippen LogP contribution in [-0.2, 0) is 0 Å². The second kappa shape index (κ2) is 5.69. The van der Waals surface area contributed by atoms with Gasteiger partial charge in [-0.15, -0.1) is 0 Å². The van der Waals surface area contributed by atoms with Gasteiger partial charge in [-0.05, 0) is 24.8 Å². The van der Waals surface area contributed by atoms with Crippen LogP contribution < -0.4 is 0 Å². The quantitative estimate of drug-likeness (QED) is 0.361. The molecular weight excluding hydrogens is 260 g/mol. The molecule has 92 valence electrons. The third-order valence-electron chi connectivity index (χ3n) is 2.93. The van der Waals surface area contributed by atoms with E-state index in [0.717, 1.165) is 5.75 Å². The monoisotopic (exact) mass is 272 g/mol. The molecule has 0 atom stereocenters. The van der Waals surface area contributed by atoms with E-state index in [9.17, 15) is 10.1 Å². The molecule has 6 heteroatoms. The van der Waals surface area contributed by atoms with Gasteiger partial charge in [0.25, 0.3) is 0 Å². The lowest BCUT2D eigenvalue weighted by atomic mass is 10.1. The first kappa shape index (κ1) is 12.6. The molecule has 0 spiro atoms. The lowest BCUT2D eigenvalue weighted by Gasteiger charge is -2.07. The Balaban J connectivity index is 2.07. The molecule has 0 bridgehead atoms. The predicted molar refractivity (Wildman–Crippen MR) is 68.6 cm³/mol. The van der Waals surface area contributed by atoms with Crippen molar-refractivity contribution in [1.82, 2.24) is 4.98 Å². The average molecular weight is 273 g/mol. The van der Waals surface area contributed by atoms with Crippen molar-refractivity contribution in [3.05, 3.63) is 27.4 Å². The Morgan fingerprint density at radius 2 is 2.18 bits per heavy atom. The molecule has 0 unspecified atom stereocenters. The SMILES string of the molecule is O=[N+]([O-])c1ccc(Cl)nc1SCC1CCCC1. The molecule has 1 heterocycles. The Morgan fingerprint density at radius 3 is 2.82 bits per heavy atom. The summed E-state index contributed by atoms with van der Waals surface area (Å²) in [7, 11) is 0. The molecule has 1 aromatic rings. The van der Waals surface area contributed by atoms with Crippen molar-refractivity contribution < 1.29 is 4.92 Å². The fourth-order valence-corrected chi connectivity index (χ4v) is 3.41. The van der Waals surface area contributed by atoms with Crippen LogP contribution in [0.1, 0.15) is 25.7 Å². The maximum atomic E-state index is 10.8. The van der Waals surface area contributed by atoms with E-state index in [4.69, 9.17) is 11.6 Å². The lowest BCUT2D eigenvalue weighted by Crippen LogP contribution is -1.99. The van der Waals surface area contributed by atoms with Gasteiger partial charge in [0.15, 0.2) is 5.03 Å². The number of pyridine rings is 1. The highest BCUT2D eigenvalue weighted by molar-refractivity contribution is 7.99. The van der Waals surface area contributed by atoms with Gasteiger partial charge >= 0.3 is 5.69 Å². The summed E-state index contributed by atoms with van der Waals surface area (Å²) >= 11 is 7.22. The molecule has 1 aromatic heterocycles. The van der Waals surface area contributed by atoms with Crippen LogP contribution >= 0.6 is 23.4 Å². The molecule has 0 saturated heterocycles. The number of hydrogen-bond donors (Lipinski definition) is 0. The van der Waals surface area contributed by atoms with Crippen LogP contribution in [0.4, 0.5) is 5.69 Å². The standard InChI is InChI=1S/C11H13ClN2O2S/c12-10-6-5-9(14(15)16)11(13-10)17-7-8-3-1-2-4-8/h5-6,8H,1-4,7H2. The Labute approximate surface area is 109 Å². The van der Waals surface area contributed by atoms with Crippen molar-refractivity contribution in [3.8, 4) is 0 Å². The van der Waals surface area contributed by atoms with E-state index < -0.39 is 4.92 Å². The molecule has 1 saturated carbocycles. The van der Waals surface area contributed by atoms with Gasteiger partial charge in [-0.25, -0.2) is 4.98 Å². The summed E-state index contributed by atoms with van der Waals surface area (Å²) in [5, 5.41) is 11.6. The summed E-state index contributed by atoms with van der Waals surface area (Å²) in [4.78, 5) is 14.5. The third-order valence-corrected chi connectivity index (χ3v) is 4.36. The maximum Gasteiger partial charge on any atom is 0.301 e. The van der Waals surface area contributed by atoms with Gasteiger partial charge in [-0.1, -0.05) is 36.2 Å². The van der Waals surface area contributed by atoms with Crippen molar-refractivity contribution >= 4 is 29.1 Å². The summed E-state index contributed by atoms with van der Waals surface area (Å²) in [5.41, 5.74) is 0.0531. The molecule has 1 aliphatic carbocycles. The summed E-state index contributed by atoms with van der Waals surface area (Å²) in [6, 6.07) is 2.88. The summed E-state index contributed by atoms with van der Waals surface area (Å²) in [5.74, 6) is 1.56. The molecule has 0 aromatic carbocycles. The predicted octanol–water partition coefficient (Wildman–Crippen LogP) is 3.93. The number of rotatable bonds is 4. The van der Waals surface area contributed by atoms with E-state index in [1.807, 2.05) is 0 Å². The van der Waals surface area contributed by atoms with Gasteiger partial charge in [0, 0.05) is 11.8 Å². The highest BCUT2D eigenvalue weighted by Gasteiger charge is 2.20. The van der Waals surface area contributed by atoms with Crippen LogP contribution in [0.15, 0.2) is 17.2 Å². The normalized spacial score (nSPS) is 16.3. The zero-order valence-corrected chi connectivity index (χ0v) is 10.8. The molecule has 0 N–H and O–H groups in total. The van der Waals surface area contributed by atoms with Gasteiger partial charge in [-0.2, -0.15) is 0 Å². The van der Waals surface area contributed by atoms with Crippen molar-refractivity contribution in [2.45, 2.75) is 30.7 Å². The molecule has 17 heavy (non-hydrogen) atoms. The number of halogens is 1. The molecule has 0 amide bonds. The van der Waals surface area contributed by atoms with E-state index in [1.165, 1.54) is 49.6 Å². The number of aromatic nitrogens is 1. The smallest absolute Gasteiger partial charge is 0.258 e. The van der Waals surface area contributed by atoms with Crippen molar-refractivity contribution in [2.75, 3.05) is 5.75 Å². The second-order valence-electron chi connectivity index (χ2n) is 4.18. The zero-order valence-electron chi connectivity index (χ0n) is 9.26. The van der Waals surface area contributed by atoms with Crippen LogP contribution in [0.5, 0.6) is 0 Å². The molecule has 4 nitrogen and oxygen atoms in total. The van der Waals surface area contributed by atoms with Crippen LogP contribution in [0, 0.1) is 16.0 Å².